The quantitative estimate of drug-likeness (QED) is 0.801. The van der Waals surface area contributed by atoms with Crippen molar-refractivity contribution in [3.8, 4) is 0 Å². The molecule has 1 atom stereocenters. The summed E-state index contributed by atoms with van der Waals surface area (Å²) >= 11 is 6.08. The number of hydrogen-bond donors (Lipinski definition) is 0. The van der Waals surface area contributed by atoms with Gasteiger partial charge in [-0.2, -0.15) is 0 Å². The van der Waals surface area contributed by atoms with Crippen LogP contribution < -0.4 is 10.4 Å². The molecule has 1 unspecified atom stereocenters. The van der Waals surface area contributed by atoms with Gasteiger partial charge in [0.15, 0.2) is 0 Å². The fourth-order valence-corrected chi connectivity index (χ4v) is 2.76. The zero-order chi connectivity index (χ0) is 14.8. The minimum Gasteiger partial charge on any atom is -0.485 e. The van der Waals surface area contributed by atoms with Crippen molar-refractivity contribution in [2.45, 2.75) is 19.4 Å². The Bertz CT molecular complexity index is 758. The summed E-state index contributed by atoms with van der Waals surface area (Å²) in [5.74, 6) is 0.369. The van der Waals surface area contributed by atoms with Crippen LogP contribution in [0.15, 0.2) is 47.5 Å². The van der Waals surface area contributed by atoms with Crippen molar-refractivity contribution in [3.63, 3.8) is 0 Å². The Balaban J connectivity index is 2.15. The maximum absolute atomic E-state index is 11.8. The number of halogens is 1. The SMILES string of the molecule is CCOC(=O)CC1=c2ccccc2=C2C=C(Cl)C=CC2O1. The molecule has 0 amide bonds. The highest BCUT2D eigenvalue weighted by Crippen LogP contribution is 2.26. The van der Waals surface area contributed by atoms with Crippen LogP contribution in [0, 0.1) is 0 Å². The molecule has 4 heteroatoms. The molecule has 108 valence electrons. The van der Waals surface area contributed by atoms with E-state index in [1.165, 1.54) is 0 Å². The summed E-state index contributed by atoms with van der Waals surface area (Å²) in [7, 11) is 0. The first kappa shape index (κ1) is 14.0. The van der Waals surface area contributed by atoms with E-state index < -0.39 is 0 Å². The van der Waals surface area contributed by atoms with Crippen LogP contribution in [0.5, 0.6) is 0 Å². The molecule has 2 aliphatic rings. The largest absolute Gasteiger partial charge is 0.485 e. The summed E-state index contributed by atoms with van der Waals surface area (Å²) in [6.45, 7) is 2.16. The third-order valence-electron chi connectivity index (χ3n) is 3.45. The van der Waals surface area contributed by atoms with E-state index in [4.69, 9.17) is 21.1 Å². The molecule has 21 heavy (non-hydrogen) atoms. The Labute approximate surface area is 127 Å². The van der Waals surface area contributed by atoms with Crippen molar-refractivity contribution in [2.24, 2.45) is 0 Å². The fraction of sp³-hybridized carbons (Fsp3) is 0.235. The van der Waals surface area contributed by atoms with Crippen molar-refractivity contribution in [1.82, 2.24) is 0 Å². The van der Waals surface area contributed by atoms with Gasteiger partial charge in [0.05, 0.1) is 6.61 Å². The summed E-state index contributed by atoms with van der Waals surface area (Å²) in [6.07, 6.45) is 5.56. The van der Waals surface area contributed by atoms with Gasteiger partial charge in [0.2, 0.25) is 0 Å². The van der Waals surface area contributed by atoms with Gasteiger partial charge in [0.1, 0.15) is 18.3 Å². The summed E-state index contributed by atoms with van der Waals surface area (Å²) < 4.78 is 11.0. The number of benzene rings is 1. The van der Waals surface area contributed by atoms with E-state index in [1.54, 1.807) is 6.92 Å². The molecule has 0 bridgehead atoms. The van der Waals surface area contributed by atoms with E-state index in [2.05, 4.69) is 0 Å². The number of carbonyl (C=O) groups is 1. The molecular formula is C17H15ClO3. The molecule has 0 spiro atoms. The highest BCUT2D eigenvalue weighted by atomic mass is 35.5. The molecule has 0 radical (unpaired) electrons. The molecule has 0 fully saturated rings. The van der Waals surface area contributed by atoms with Gasteiger partial charge in [-0.3, -0.25) is 4.79 Å². The fourth-order valence-electron chi connectivity index (χ4n) is 2.57. The van der Waals surface area contributed by atoms with E-state index in [9.17, 15) is 4.79 Å². The monoisotopic (exact) mass is 302 g/mol. The summed E-state index contributed by atoms with van der Waals surface area (Å²) in [6, 6.07) is 7.87. The second kappa shape index (κ2) is 5.78. The van der Waals surface area contributed by atoms with Crippen LogP contribution in [0.1, 0.15) is 13.3 Å². The van der Waals surface area contributed by atoms with Gasteiger partial charge in [-0.15, -0.1) is 0 Å². The second-order valence-electron chi connectivity index (χ2n) is 4.83. The lowest BCUT2D eigenvalue weighted by molar-refractivity contribution is -0.142. The zero-order valence-corrected chi connectivity index (χ0v) is 12.4. The van der Waals surface area contributed by atoms with Gasteiger partial charge in [0, 0.05) is 15.8 Å². The van der Waals surface area contributed by atoms with E-state index in [0.29, 0.717) is 17.4 Å². The maximum atomic E-state index is 11.8. The molecular weight excluding hydrogens is 288 g/mol. The van der Waals surface area contributed by atoms with Gasteiger partial charge in [-0.05, 0) is 30.4 Å². The van der Waals surface area contributed by atoms with Crippen molar-refractivity contribution in [3.05, 3.63) is 58.0 Å². The lowest BCUT2D eigenvalue weighted by Gasteiger charge is -2.25. The molecule has 1 aromatic rings. The average molecular weight is 303 g/mol. The first-order valence-corrected chi connectivity index (χ1v) is 7.27. The Kier molecular flexibility index (Phi) is 3.84. The van der Waals surface area contributed by atoms with Crippen molar-refractivity contribution in [2.75, 3.05) is 6.61 Å². The van der Waals surface area contributed by atoms with E-state index in [0.717, 1.165) is 16.0 Å². The van der Waals surface area contributed by atoms with Gasteiger partial charge in [-0.25, -0.2) is 0 Å². The number of rotatable bonds is 3. The molecule has 1 heterocycles. The Morgan fingerprint density at radius 1 is 1.33 bits per heavy atom. The lowest BCUT2D eigenvalue weighted by Crippen LogP contribution is -2.39. The van der Waals surface area contributed by atoms with Gasteiger partial charge < -0.3 is 9.47 Å². The lowest BCUT2D eigenvalue weighted by atomic mass is 9.97. The molecule has 1 aliphatic carbocycles. The van der Waals surface area contributed by atoms with Crippen molar-refractivity contribution >= 4 is 28.9 Å². The third kappa shape index (κ3) is 2.74. The first-order valence-electron chi connectivity index (χ1n) is 6.89. The van der Waals surface area contributed by atoms with Crippen LogP contribution in [-0.2, 0) is 14.3 Å². The minimum atomic E-state index is -0.279. The Hall–Kier alpha value is -2.00. The number of carbonyl (C=O) groups excluding carboxylic acids is 1. The predicted octanol–water partition coefficient (Wildman–Crippen LogP) is 1.99. The van der Waals surface area contributed by atoms with Gasteiger partial charge >= 0.3 is 5.97 Å². The molecule has 0 saturated heterocycles. The van der Waals surface area contributed by atoms with Crippen LogP contribution in [0.25, 0.3) is 11.3 Å². The van der Waals surface area contributed by atoms with Crippen molar-refractivity contribution in [1.29, 1.82) is 0 Å². The number of ether oxygens (including phenoxy) is 2. The summed E-state index contributed by atoms with van der Waals surface area (Å²) in [5.41, 5.74) is 1.02. The van der Waals surface area contributed by atoms with E-state index in [-0.39, 0.29) is 18.5 Å². The van der Waals surface area contributed by atoms with E-state index in [1.807, 2.05) is 42.5 Å². The van der Waals surface area contributed by atoms with Crippen LogP contribution in [0.3, 0.4) is 0 Å². The molecule has 3 rings (SSSR count). The molecule has 0 aromatic heterocycles. The summed E-state index contributed by atoms with van der Waals surface area (Å²) in [4.78, 5) is 11.8. The number of hydrogen-bond acceptors (Lipinski definition) is 3. The average Bonchev–Trinajstić information content (AvgIpc) is 2.48. The standard InChI is InChI=1S/C17H15ClO3/c1-2-20-17(19)10-16-13-6-4-3-5-12(13)14-9-11(18)7-8-15(14)21-16/h3-9,15H,2,10H2,1H3. The molecule has 0 N–H and O–H groups in total. The number of allylic oxidation sites excluding steroid dienone is 2. The molecule has 1 aliphatic heterocycles. The smallest absolute Gasteiger partial charge is 0.313 e. The Morgan fingerprint density at radius 3 is 2.86 bits per heavy atom. The van der Waals surface area contributed by atoms with Crippen LogP contribution in [-0.4, -0.2) is 18.7 Å². The minimum absolute atomic E-state index is 0.139. The van der Waals surface area contributed by atoms with Gasteiger partial charge in [0.25, 0.3) is 0 Å². The molecule has 3 nitrogen and oxygen atoms in total. The van der Waals surface area contributed by atoms with E-state index >= 15 is 0 Å². The number of esters is 1. The van der Waals surface area contributed by atoms with Crippen LogP contribution >= 0.6 is 11.6 Å². The van der Waals surface area contributed by atoms with Crippen LogP contribution in [0.4, 0.5) is 0 Å². The number of fused-ring (bicyclic) bond motifs is 2. The zero-order valence-electron chi connectivity index (χ0n) is 11.6. The summed E-state index contributed by atoms with van der Waals surface area (Å²) in [5, 5.41) is 2.65. The molecule has 1 aromatic carbocycles. The normalized spacial score (nSPS) is 19.3. The first-order chi connectivity index (χ1) is 10.2. The second-order valence-corrected chi connectivity index (χ2v) is 5.27. The molecule has 0 saturated carbocycles. The van der Waals surface area contributed by atoms with Crippen molar-refractivity contribution < 1.29 is 14.3 Å². The van der Waals surface area contributed by atoms with Gasteiger partial charge in [-0.1, -0.05) is 35.9 Å². The predicted molar refractivity (Wildman–Crippen MR) is 81.7 cm³/mol. The highest BCUT2D eigenvalue weighted by Gasteiger charge is 2.23. The topological polar surface area (TPSA) is 35.5 Å². The Morgan fingerprint density at radius 2 is 2.10 bits per heavy atom. The van der Waals surface area contributed by atoms with Crippen LogP contribution in [0.2, 0.25) is 0 Å². The maximum Gasteiger partial charge on any atom is 0.313 e. The highest BCUT2D eigenvalue weighted by molar-refractivity contribution is 6.32. The third-order valence-corrected chi connectivity index (χ3v) is 3.68.